The molecule has 2 N–H and O–H groups in total. The van der Waals surface area contributed by atoms with Gasteiger partial charge in [0.25, 0.3) is 0 Å². The number of hydrogen-bond acceptors (Lipinski definition) is 7. The predicted molar refractivity (Wildman–Crippen MR) is 109 cm³/mol. The third-order valence-corrected chi connectivity index (χ3v) is 5.23. The second kappa shape index (κ2) is 7.95. The Labute approximate surface area is 170 Å². The van der Waals surface area contributed by atoms with Crippen molar-refractivity contribution < 1.29 is 9.15 Å². The molecule has 0 amide bonds. The van der Waals surface area contributed by atoms with Gasteiger partial charge in [-0.05, 0) is 48.5 Å². The molecule has 7 nitrogen and oxygen atoms in total. The van der Waals surface area contributed by atoms with Crippen LogP contribution in [0.25, 0.3) is 22.8 Å². The molecule has 0 radical (unpaired) electrons. The molecule has 0 saturated carbocycles. The number of methoxy groups -OCH3 is 1. The molecule has 4 aromatic rings. The van der Waals surface area contributed by atoms with Gasteiger partial charge in [-0.15, -0.1) is 10.2 Å². The van der Waals surface area contributed by atoms with Gasteiger partial charge in [0.1, 0.15) is 12.0 Å². The lowest BCUT2D eigenvalue weighted by Gasteiger charge is -2.04. The van der Waals surface area contributed by atoms with Crippen LogP contribution in [0.5, 0.6) is 5.75 Å². The lowest BCUT2D eigenvalue weighted by molar-refractivity contribution is 0.415. The van der Waals surface area contributed by atoms with Crippen LogP contribution in [0, 0.1) is 0 Å². The van der Waals surface area contributed by atoms with Gasteiger partial charge >= 0.3 is 0 Å². The zero-order valence-electron chi connectivity index (χ0n) is 14.9. The zero-order valence-corrected chi connectivity index (χ0v) is 16.4. The molecule has 0 aliphatic rings. The highest BCUT2D eigenvalue weighted by molar-refractivity contribution is 7.98. The minimum Gasteiger partial charge on any atom is -0.497 e. The summed E-state index contributed by atoms with van der Waals surface area (Å²) in [4.78, 5) is 4.50. The molecule has 9 heteroatoms. The van der Waals surface area contributed by atoms with Crippen LogP contribution >= 0.6 is 23.4 Å². The van der Waals surface area contributed by atoms with Crippen LogP contribution in [-0.2, 0) is 5.75 Å². The van der Waals surface area contributed by atoms with E-state index in [4.69, 9.17) is 26.6 Å². The molecule has 0 saturated heterocycles. The van der Waals surface area contributed by atoms with E-state index < -0.39 is 0 Å². The number of nitrogens with two attached hydrogens (primary N) is 1. The highest BCUT2D eigenvalue weighted by Gasteiger charge is 2.14. The van der Waals surface area contributed by atoms with Gasteiger partial charge in [0.15, 0.2) is 5.82 Å². The number of thioether (sulfide) groups is 1. The molecule has 28 heavy (non-hydrogen) atoms. The van der Waals surface area contributed by atoms with Crippen LogP contribution < -0.4 is 10.6 Å². The molecule has 0 bridgehead atoms. The minimum atomic E-state index is 0.542. The van der Waals surface area contributed by atoms with Crippen LogP contribution in [0.4, 0.5) is 0 Å². The topological polar surface area (TPSA) is 92.0 Å². The lowest BCUT2D eigenvalue weighted by atomic mass is 10.2. The molecule has 2 aromatic heterocycles. The van der Waals surface area contributed by atoms with Crippen LogP contribution in [0.1, 0.15) is 5.69 Å². The van der Waals surface area contributed by atoms with Crippen molar-refractivity contribution >= 4 is 23.4 Å². The fourth-order valence-corrected chi connectivity index (χ4v) is 3.41. The fraction of sp³-hybridized carbons (Fsp3) is 0.105. The van der Waals surface area contributed by atoms with E-state index in [-0.39, 0.29) is 0 Å². The maximum Gasteiger partial charge on any atom is 0.226 e. The third kappa shape index (κ3) is 3.83. The number of nitrogen functional groups attached to an aromatic ring is 1. The summed E-state index contributed by atoms with van der Waals surface area (Å²) in [6, 6.07) is 14.8. The van der Waals surface area contributed by atoms with Crippen molar-refractivity contribution in [2.24, 2.45) is 0 Å². The van der Waals surface area contributed by atoms with Crippen molar-refractivity contribution in [1.82, 2.24) is 19.9 Å². The molecule has 0 aliphatic heterocycles. The van der Waals surface area contributed by atoms with Crippen molar-refractivity contribution in [3.63, 3.8) is 0 Å². The number of oxazole rings is 1. The van der Waals surface area contributed by atoms with E-state index in [2.05, 4.69) is 15.2 Å². The molecule has 0 aliphatic carbocycles. The first-order valence-corrected chi connectivity index (χ1v) is 9.68. The molecule has 142 valence electrons. The summed E-state index contributed by atoms with van der Waals surface area (Å²) in [6.07, 6.45) is 1.62. The second-order valence-electron chi connectivity index (χ2n) is 5.84. The quantitative estimate of drug-likeness (QED) is 0.372. The number of halogens is 1. The SMILES string of the molecule is COc1ccc(-c2nnc(SCc3coc(-c4ccc(Cl)cc4)n3)n2N)cc1. The van der Waals surface area contributed by atoms with E-state index >= 15 is 0 Å². The summed E-state index contributed by atoms with van der Waals surface area (Å²) in [5.41, 5.74) is 2.50. The standard InChI is InChI=1S/C19H16ClN5O2S/c1-26-16-8-4-12(5-9-16)17-23-24-19(25(17)21)28-11-15-10-27-18(22-15)13-2-6-14(20)7-3-13/h2-10H,11,21H2,1H3. The summed E-state index contributed by atoms with van der Waals surface area (Å²) in [7, 11) is 1.62. The number of benzene rings is 2. The van der Waals surface area contributed by atoms with E-state index in [0.29, 0.717) is 27.6 Å². The fourth-order valence-electron chi connectivity index (χ4n) is 2.55. The first-order chi connectivity index (χ1) is 13.6. The number of nitrogens with zero attached hydrogens (tertiary/aromatic N) is 4. The second-order valence-corrected chi connectivity index (χ2v) is 7.22. The van der Waals surface area contributed by atoms with Gasteiger partial charge < -0.3 is 15.0 Å². The Kier molecular flexibility index (Phi) is 5.23. The molecule has 2 aromatic carbocycles. The lowest BCUT2D eigenvalue weighted by Crippen LogP contribution is -2.11. The van der Waals surface area contributed by atoms with Gasteiger partial charge in [-0.2, -0.15) is 0 Å². The first kappa shape index (κ1) is 18.4. The highest BCUT2D eigenvalue weighted by Crippen LogP contribution is 2.27. The molecule has 2 heterocycles. The van der Waals surface area contributed by atoms with Gasteiger partial charge in [-0.3, -0.25) is 0 Å². The Morgan fingerprint density at radius 2 is 1.79 bits per heavy atom. The molecular formula is C19H16ClN5O2S. The summed E-state index contributed by atoms with van der Waals surface area (Å²) in [6.45, 7) is 0. The predicted octanol–water partition coefficient (Wildman–Crippen LogP) is 4.27. The Balaban J connectivity index is 1.45. The van der Waals surface area contributed by atoms with Gasteiger partial charge in [0.05, 0.1) is 12.8 Å². The van der Waals surface area contributed by atoms with E-state index in [1.807, 2.05) is 36.4 Å². The van der Waals surface area contributed by atoms with Gasteiger partial charge in [-0.1, -0.05) is 23.4 Å². The molecule has 4 rings (SSSR count). The van der Waals surface area contributed by atoms with Crippen LogP contribution in [0.3, 0.4) is 0 Å². The number of hydrogen-bond donors (Lipinski definition) is 1. The number of aromatic nitrogens is 4. The maximum atomic E-state index is 6.16. The monoisotopic (exact) mass is 413 g/mol. The van der Waals surface area contributed by atoms with E-state index in [0.717, 1.165) is 22.6 Å². The van der Waals surface area contributed by atoms with Crippen molar-refractivity contribution in [2.45, 2.75) is 10.9 Å². The average Bonchev–Trinajstić information content (AvgIpc) is 3.34. The van der Waals surface area contributed by atoms with E-state index in [9.17, 15) is 0 Å². The molecule has 0 unspecified atom stereocenters. The smallest absolute Gasteiger partial charge is 0.226 e. The summed E-state index contributed by atoms with van der Waals surface area (Å²) < 4.78 is 12.2. The molecule has 0 atom stereocenters. The van der Waals surface area contributed by atoms with E-state index in [1.54, 1.807) is 25.5 Å². The van der Waals surface area contributed by atoms with Crippen molar-refractivity contribution in [3.8, 4) is 28.6 Å². The Bertz CT molecular complexity index is 1080. The van der Waals surface area contributed by atoms with Crippen molar-refractivity contribution in [1.29, 1.82) is 0 Å². The van der Waals surface area contributed by atoms with Crippen molar-refractivity contribution in [3.05, 3.63) is 65.5 Å². The molecule has 0 spiro atoms. The van der Waals surface area contributed by atoms with Gasteiger partial charge in [-0.25, -0.2) is 9.66 Å². The third-order valence-electron chi connectivity index (χ3n) is 4.00. The zero-order chi connectivity index (χ0) is 19.5. The average molecular weight is 414 g/mol. The van der Waals surface area contributed by atoms with Crippen LogP contribution in [0.15, 0.2) is 64.4 Å². The van der Waals surface area contributed by atoms with Crippen LogP contribution in [-0.4, -0.2) is 27.0 Å². The molecular weight excluding hydrogens is 398 g/mol. The van der Waals surface area contributed by atoms with Gasteiger partial charge in [0, 0.05) is 21.9 Å². The Hall–Kier alpha value is -2.97. The largest absolute Gasteiger partial charge is 0.497 e. The first-order valence-electron chi connectivity index (χ1n) is 8.32. The summed E-state index contributed by atoms with van der Waals surface area (Å²) in [5, 5.41) is 9.61. The summed E-state index contributed by atoms with van der Waals surface area (Å²) in [5.74, 6) is 8.60. The molecule has 0 fully saturated rings. The summed E-state index contributed by atoms with van der Waals surface area (Å²) >= 11 is 7.34. The maximum absolute atomic E-state index is 6.16. The number of rotatable bonds is 6. The number of ether oxygens (including phenoxy) is 1. The highest BCUT2D eigenvalue weighted by atomic mass is 35.5. The Morgan fingerprint density at radius 3 is 2.50 bits per heavy atom. The normalized spacial score (nSPS) is 10.9. The van der Waals surface area contributed by atoms with E-state index in [1.165, 1.54) is 16.4 Å². The van der Waals surface area contributed by atoms with Crippen molar-refractivity contribution in [2.75, 3.05) is 13.0 Å². The Morgan fingerprint density at radius 1 is 1.07 bits per heavy atom. The van der Waals surface area contributed by atoms with Gasteiger partial charge in [0.2, 0.25) is 11.0 Å². The minimum absolute atomic E-state index is 0.542. The van der Waals surface area contributed by atoms with Crippen LogP contribution in [0.2, 0.25) is 5.02 Å².